The molecule has 2 N–H and O–H groups in total. The largest absolute Gasteiger partial charge is 0.371 e. The summed E-state index contributed by atoms with van der Waals surface area (Å²) in [7, 11) is 1.80. The first-order chi connectivity index (χ1) is 12.0. The molecular weight excluding hydrogens is 318 g/mol. The van der Waals surface area contributed by atoms with Gasteiger partial charge in [0.25, 0.3) is 5.91 Å². The van der Waals surface area contributed by atoms with Crippen LogP contribution in [0.15, 0.2) is 42.6 Å². The van der Waals surface area contributed by atoms with Crippen LogP contribution in [0.2, 0.25) is 0 Å². The minimum atomic E-state index is -0.773. The molecule has 1 saturated heterocycles. The number of benzene rings is 1. The van der Waals surface area contributed by atoms with Crippen molar-refractivity contribution in [1.29, 1.82) is 0 Å². The Balaban J connectivity index is 1.81. The van der Waals surface area contributed by atoms with E-state index in [-0.39, 0.29) is 11.8 Å². The number of anilines is 2. The molecule has 1 aliphatic heterocycles. The third-order valence-corrected chi connectivity index (χ3v) is 4.61. The zero-order valence-corrected chi connectivity index (χ0v) is 14.5. The molecule has 2 aromatic rings. The summed E-state index contributed by atoms with van der Waals surface area (Å²) in [4.78, 5) is 26.5. The molecule has 7 heteroatoms. The second-order valence-electron chi connectivity index (χ2n) is 6.41. The Labute approximate surface area is 147 Å². The summed E-state index contributed by atoms with van der Waals surface area (Å²) in [6.07, 6.45) is 2.87. The summed E-state index contributed by atoms with van der Waals surface area (Å²) in [5.41, 5.74) is 0.111. The third kappa shape index (κ3) is 3.81. The number of aryl methyl sites for hydroxylation is 1. The molecular formula is C18H23N5O2. The van der Waals surface area contributed by atoms with Gasteiger partial charge in [0.2, 0.25) is 5.91 Å². The fourth-order valence-corrected chi connectivity index (χ4v) is 3.13. The number of nitrogens with one attached hydrogen (secondary N) is 2. The average Bonchev–Trinajstić information content (AvgIpc) is 3.01. The number of amides is 2. The molecule has 2 heterocycles. The highest BCUT2D eigenvalue weighted by molar-refractivity contribution is 5.99. The van der Waals surface area contributed by atoms with Gasteiger partial charge in [0.15, 0.2) is 5.82 Å². The van der Waals surface area contributed by atoms with E-state index in [1.165, 1.54) is 0 Å². The lowest BCUT2D eigenvalue weighted by Crippen LogP contribution is -2.57. The minimum Gasteiger partial charge on any atom is -0.371 e. The molecule has 1 aromatic heterocycles. The van der Waals surface area contributed by atoms with Crippen molar-refractivity contribution < 1.29 is 9.59 Å². The van der Waals surface area contributed by atoms with E-state index >= 15 is 0 Å². The summed E-state index contributed by atoms with van der Waals surface area (Å²) < 4.78 is 1.64. The predicted octanol–water partition coefficient (Wildman–Crippen LogP) is 1.85. The van der Waals surface area contributed by atoms with Crippen LogP contribution < -0.4 is 10.6 Å². The first-order valence-corrected chi connectivity index (χ1v) is 8.38. The van der Waals surface area contributed by atoms with Gasteiger partial charge in [-0.1, -0.05) is 18.2 Å². The number of nitrogens with zero attached hydrogens (tertiary/aromatic N) is 3. The van der Waals surface area contributed by atoms with Crippen LogP contribution in [0.5, 0.6) is 0 Å². The van der Waals surface area contributed by atoms with Gasteiger partial charge >= 0.3 is 0 Å². The monoisotopic (exact) mass is 341 g/mol. The number of carbonyl (C=O) groups excluding carboxylic acids is 2. The van der Waals surface area contributed by atoms with Crippen LogP contribution in [0.3, 0.4) is 0 Å². The maximum atomic E-state index is 13.1. The highest BCUT2D eigenvalue weighted by atomic mass is 16.2. The van der Waals surface area contributed by atoms with Crippen molar-refractivity contribution in [3.05, 3.63) is 42.6 Å². The van der Waals surface area contributed by atoms with E-state index in [2.05, 4.69) is 15.7 Å². The molecule has 1 fully saturated rings. The average molecular weight is 341 g/mol. The Kier molecular flexibility index (Phi) is 4.74. The molecule has 0 atom stereocenters. The lowest BCUT2D eigenvalue weighted by Gasteiger charge is -2.41. The highest BCUT2D eigenvalue weighted by Gasteiger charge is 2.42. The Bertz CT molecular complexity index is 748. The summed E-state index contributed by atoms with van der Waals surface area (Å²) in [5, 5.41) is 10.5. The number of para-hydroxylation sites is 1. The van der Waals surface area contributed by atoms with E-state index < -0.39 is 5.54 Å². The number of hydrogen-bond acceptors (Lipinski definition) is 4. The van der Waals surface area contributed by atoms with Gasteiger partial charge in [-0.05, 0) is 25.0 Å². The van der Waals surface area contributed by atoms with Gasteiger partial charge in [-0.25, -0.2) is 0 Å². The third-order valence-electron chi connectivity index (χ3n) is 4.61. The maximum Gasteiger partial charge on any atom is 0.251 e. The molecule has 0 aliphatic carbocycles. The van der Waals surface area contributed by atoms with E-state index in [0.29, 0.717) is 31.7 Å². The van der Waals surface area contributed by atoms with Gasteiger partial charge in [0.1, 0.15) is 5.54 Å². The molecule has 0 spiro atoms. The van der Waals surface area contributed by atoms with Crippen molar-refractivity contribution in [2.45, 2.75) is 25.3 Å². The Morgan fingerprint density at radius 3 is 2.36 bits per heavy atom. The van der Waals surface area contributed by atoms with Crippen molar-refractivity contribution >= 4 is 23.3 Å². The molecule has 0 saturated carbocycles. The number of hydrogen-bond donors (Lipinski definition) is 2. The van der Waals surface area contributed by atoms with E-state index in [0.717, 1.165) is 5.69 Å². The molecule has 2 amide bonds. The number of rotatable bonds is 4. The lowest BCUT2D eigenvalue weighted by atomic mass is 9.86. The molecule has 25 heavy (non-hydrogen) atoms. The molecule has 132 valence electrons. The van der Waals surface area contributed by atoms with Crippen LogP contribution in [0.4, 0.5) is 11.5 Å². The van der Waals surface area contributed by atoms with E-state index in [9.17, 15) is 9.59 Å². The summed E-state index contributed by atoms with van der Waals surface area (Å²) in [5.74, 6) is 0.437. The zero-order chi connectivity index (χ0) is 17.9. The lowest BCUT2D eigenvalue weighted by molar-refractivity contribution is -0.132. The number of aromatic nitrogens is 2. The first-order valence-electron chi connectivity index (χ1n) is 8.38. The summed E-state index contributed by atoms with van der Waals surface area (Å²) in [6, 6.07) is 11.4. The molecule has 0 unspecified atom stereocenters. The highest BCUT2D eigenvalue weighted by Crippen LogP contribution is 2.28. The van der Waals surface area contributed by atoms with Gasteiger partial charge in [-0.2, -0.15) is 5.10 Å². The standard InChI is InChI=1S/C18H23N5O2/c1-14(24)23-12-9-18(10-13-23,20-15-6-4-3-5-7-15)17(25)19-16-8-11-22(2)21-16/h3-8,11,20H,9-10,12-13H2,1-2H3,(H,19,21,25). The molecule has 1 aliphatic rings. The number of carbonyl (C=O) groups is 2. The topological polar surface area (TPSA) is 79.3 Å². The summed E-state index contributed by atoms with van der Waals surface area (Å²) in [6.45, 7) is 2.65. The predicted molar refractivity (Wildman–Crippen MR) is 96.1 cm³/mol. The molecule has 7 nitrogen and oxygen atoms in total. The quantitative estimate of drug-likeness (QED) is 0.889. The van der Waals surface area contributed by atoms with Crippen LogP contribution in [-0.2, 0) is 16.6 Å². The fraction of sp³-hybridized carbons (Fsp3) is 0.389. The normalized spacial score (nSPS) is 16.3. The fourth-order valence-electron chi connectivity index (χ4n) is 3.13. The van der Waals surface area contributed by atoms with Gasteiger partial charge in [-0.15, -0.1) is 0 Å². The van der Waals surface area contributed by atoms with Crippen LogP contribution in [-0.4, -0.2) is 45.1 Å². The van der Waals surface area contributed by atoms with E-state index in [1.807, 2.05) is 30.3 Å². The van der Waals surface area contributed by atoms with E-state index in [4.69, 9.17) is 0 Å². The smallest absolute Gasteiger partial charge is 0.251 e. The Hall–Kier alpha value is -2.83. The van der Waals surface area contributed by atoms with Gasteiger partial charge in [0, 0.05) is 45.0 Å². The molecule has 3 rings (SSSR count). The van der Waals surface area contributed by atoms with Gasteiger partial charge in [-0.3, -0.25) is 14.3 Å². The summed E-state index contributed by atoms with van der Waals surface area (Å²) >= 11 is 0. The molecule has 1 aromatic carbocycles. The second-order valence-corrected chi connectivity index (χ2v) is 6.41. The second kappa shape index (κ2) is 6.96. The van der Waals surface area contributed by atoms with Gasteiger partial charge < -0.3 is 15.5 Å². The van der Waals surface area contributed by atoms with E-state index in [1.54, 1.807) is 35.8 Å². The Morgan fingerprint density at radius 2 is 1.80 bits per heavy atom. The maximum absolute atomic E-state index is 13.1. The number of piperidine rings is 1. The van der Waals surface area contributed by atoms with Crippen molar-refractivity contribution in [2.24, 2.45) is 7.05 Å². The van der Waals surface area contributed by atoms with Crippen LogP contribution >= 0.6 is 0 Å². The van der Waals surface area contributed by atoms with Crippen LogP contribution in [0.1, 0.15) is 19.8 Å². The first kappa shape index (κ1) is 17.0. The molecule has 0 bridgehead atoms. The van der Waals surface area contributed by atoms with Crippen molar-refractivity contribution in [2.75, 3.05) is 23.7 Å². The van der Waals surface area contributed by atoms with Crippen molar-refractivity contribution in [3.8, 4) is 0 Å². The van der Waals surface area contributed by atoms with Crippen LogP contribution in [0, 0.1) is 0 Å². The minimum absolute atomic E-state index is 0.0402. The van der Waals surface area contributed by atoms with Crippen LogP contribution in [0.25, 0.3) is 0 Å². The zero-order valence-electron chi connectivity index (χ0n) is 14.5. The van der Waals surface area contributed by atoms with Crippen molar-refractivity contribution in [1.82, 2.24) is 14.7 Å². The Morgan fingerprint density at radius 1 is 1.12 bits per heavy atom. The molecule has 0 radical (unpaired) electrons. The van der Waals surface area contributed by atoms with Gasteiger partial charge in [0.05, 0.1) is 0 Å². The SMILES string of the molecule is CC(=O)N1CCC(Nc2ccccc2)(C(=O)Nc2ccn(C)n2)CC1. The number of likely N-dealkylation sites (tertiary alicyclic amines) is 1. The van der Waals surface area contributed by atoms with Crippen molar-refractivity contribution in [3.63, 3.8) is 0 Å².